The number of benzene rings is 4. The van der Waals surface area contributed by atoms with Gasteiger partial charge in [-0.3, -0.25) is 14.3 Å². The highest BCUT2D eigenvalue weighted by atomic mass is 35.5. The lowest BCUT2D eigenvalue weighted by Gasteiger charge is -2.10. The molecule has 0 spiro atoms. The lowest BCUT2D eigenvalue weighted by atomic mass is 10.0. The number of carbonyl (C=O) groups is 2. The number of nitrogens with one attached hydrogen (secondary N) is 1. The van der Waals surface area contributed by atoms with Gasteiger partial charge in [0, 0.05) is 39.8 Å². The molecule has 7 nitrogen and oxygen atoms in total. The molecule has 5 rings (SSSR count). The number of carbonyl (C=O) groups excluding carboxylic acids is 1. The monoisotopic (exact) mass is 587 g/mol. The van der Waals surface area contributed by atoms with E-state index in [-0.39, 0.29) is 18.9 Å². The van der Waals surface area contributed by atoms with E-state index in [9.17, 15) is 9.59 Å². The molecule has 1 amide bonds. The molecule has 0 bridgehead atoms. The third-order valence-electron chi connectivity index (χ3n) is 6.73. The molecule has 1 aromatic heterocycles. The van der Waals surface area contributed by atoms with Crippen molar-refractivity contribution in [1.29, 1.82) is 0 Å². The van der Waals surface area contributed by atoms with Crippen molar-refractivity contribution >= 4 is 45.9 Å². The molecule has 0 aliphatic heterocycles. The van der Waals surface area contributed by atoms with Crippen LogP contribution in [0, 0.1) is 0 Å². The van der Waals surface area contributed by atoms with Crippen LogP contribution in [-0.4, -0.2) is 40.4 Å². The zero-order chi connectivity index (χ0) is 28.9. The second-order valence-electron chi connectivity index (χ2n) is 9.57. The summed E-state index contributed by atoms with van der Waals surface area (Å²) in [6, 6.07) is 27.0. The Labute approximate surface area is 247 Å². The normalized spacial score (nSPS) is 11.0. The summed E-state index contributed by atoms with van der Waals surface area (Å²) in [6.45, 7) is 0.676. The molecular weight excluding hydrogens is 561 g/mol. The molecule has 0 fully saturated rings. The van der Waals surface area contributed by atoms with Gasteiger partial charge in [-0.15, -0.1) is 0 Å². The maximum Gasteiger partial charge on any atom is 0.305 e. The number of hydrogen-bond acceptors (Lipinski definition) is 4. The number of amides is 1. The first kappa shape index (κ1) is 28.2. The van der Waals surface area contributed by atoms with Crippen molar-refractivity contribution in [3.05, 3.63) is 106 Å². The number of ether oxygens (including phenoxy) is 1. The molecule has 0 saturated heterocycles. The Hall–Kier alpha value is -4.33. The second kappa shape index (κ2) is 12.5. The fraction of sp³-hybridized carbons (Fsp3) is 0.156. The van der Waals surface area contributed by atoms with Crippen LogP contribution >= 0.6 is 23.2 Å². The molecule has 208 valence electrons. The number of fused-ring (bicyclic) bond motifs is 1. The van der Waals surface area contributed by atoms with Crippen molar-refractivity contribution in [2.45, 2.75) is 19.4 Å². The van der Waals surface area contributed by atoms with Gasteiger partial charge in [-0.1, -0.05) is 53.5 Å². The number of hydrogen-bond donors (Lipinski definition) is 2. The molecule has 0 atom stereocenters. The van der Waals surface area contributed by atoms with E-state index in [2.05, 4.69) is 23.5 Å². The SMILES string of the molecule is COc1ccc2cc(-c3cc(-c4cc(Cl)cc(Cl)c4)nn3CCc3ccc(C(=O)NCCC(=O)O)cc3)ccc2c1. The Morgan fingerprint density at radius 3 is 2.29 bits per heavy atom. The van der Waals surface area contributed by atoms with E-state index in [0.29, 0.717) is 28.6 Å². The molecule has 0 aliphatic carbocycles. The van der Waals surface area contributed by atoms with E-state index in [1.165, 1.54) is 0 Å². The summed E-state index contributed by atoms with van der Waals surface area (Å²) in [4.78, 5) is 23.0. The van der Waals surface area contributed by atoms with Gasteiger partial charge >= 0.3 is 5.97 Å². The van der Waals surface area contributed by atoms with Gasteiger partial charge in [0.25, 0.3) is 5.91 Å². The van der Waals surface area contributed by atoms with Gasteiger partial charge in [-0.2, -0.15) is 5.10 Å². The number of aryl methyl sites for hydroxylation is 2. The molecule has 0 unspecified atom stereocenters. The first-order valence-electron chi connectivity index (χ1n) is 13.0. The first-order chi connectivity index (χ1) is 19.8. The summed E-state index contributed by atoms with van der Waals surface area (Å²) in [7, 11) is 1.66. The Bertz CT molecular complexity index is 1710. The minimum absolute atomic E-state index is 0.0838. The predicted molar refractivity (Wildman–Crippen MR) is 162 cm³/mol. The number of carboxylic acids is 1. The van der Waals surface area contributed by atoms with E-state index in [0.717, 1.165) is 44.6 Å². The lowest BCUT2D eigenvalue weighted by Crippen LogP contribution is -2.25. The maximum absolute atomic E-state index is 12.3. The highest BCUT2D eigenvalue weighted by molar-refractivity contribution is 6.35. The van der Waals surface area contributed by atoms with E-state index < -0.39 is 5.97 Å². The van der Waals surface area contributed by atoms with E-state index >= 15 is 0 Å². The standard InChI is InChI=1S/C32H27Cl2N3O4/c1-41-28-9-8-22-14-24(7-6-23(22)17-28)30-19-29(25-15-26(33)18-27(34)16-25)36-37(30)13-11-20-2-4-21(5-3-20)32(40)35-12-10-31(38)39/h2-9,14-19H,10-13H2,1H3,(H,35,40)(H,38,39). The summed E-state index contributed by atoms with van der Waals surface area (Å²) in [5.74, 6) is -0.450. The molecule has 0 saturated carbocycles. The molecule has 5 aromatic rings. The number of aromatic nitrogens is 2. The van der Waals surface area contributed by atoms with Crippen LogP contribution in [0.25, 0.3) is 33.3 Å². The fourth-order valence-corrected chi connectivity index (χ4v) is 5.14. The van der Waals surface area contributed by atoms with Crippen molar-refractivity contribution < 1.29 is 19.4 Å². The maximum atomic E-state index is 12.3. The van der Waals surface area contributed by atoms with Crippen LogP contribution in [0.4, 0.5) is 0 Å². The van der Waals surface area contributed by atoms with Gasteiger partial charge < -0.3 is 15.2 Å². The van der Waals surface area contributed by atoms with Crippen LogP contribution < -0.4 is 10.1 Å². The van der Waals surface area contributed by atoms with Crippen molar-refractivity contribution in [2.75, 3.05) is 13.7 Å². The molecule has 0 aliphatic rings. The second-order valence-corrected chi connectivity index (χ2v) is 10.4. The van der Waals surface area contributed by atoms with Crippen LogP contribution in [0.15, 0.2) is 84.9 Å². The van der Waals surface area contributed by atoms with Crippen molar-refractivity contribution in [3.8, 4) is 28.3 Å². The Kier molecular flexibility index (Phi) is 8.57. The molecule has 1 heterocycles. The highest BCUT2D eigenvalue weighted by Gasteiger charge is 2.14. The summed E-state index contributed by atoms with van der Waals surface area (Å²) in [5.41, 5.74) is 5.06. The number of carboxylic acid groups (broad SMARTS) is 1. The average Bonchev–Trinajstić information content (AvgIpc) is 3.39. The van der Waals surface area contributed by atoms with Gasteiger partial charge in [0.2, 0.25) is 0 Å². The number of methoxy groups -OCH3 is 1. The zero-order valence-electron chi connectivity index (χ0n) is 22.2. The van der Waals surface area contributed by atoms with Crippen LogP contribution in [0.5, 0.6) is 5.75 Å². The topological polar surface area (TPSA) is 93.5 Å². The molecule has 4 aromatic carbocycles. The summed E-state index contributed by atoms with van der Waals surface area (Å²) in [6.07, 6.45) is 0.556. The zero-order valence-corrected chi connectivity index (χ0v) is 23.7. The quantitative estimate of drug-likeness (QED) is 0.181. The van der Waals surface area contributed by atoms with Gasteiger partial charge in [0.05, 0.1) is 24.9 Å². The van der Waals surface area contributed by atoms with E-state index in [1.54, 1.807) is 25.3 Å². The van der Waals surface area contributed by atoms with E-state index in [1.807, 2.05) is 53.2 Å². The number of rotatable bonds is 10. The van der Waals surface area contributed by atoms with Gasteiger partial charge in [0.1, 0.15) is 5.75 Å². The van der Waals surface area contributed by atoms with Crippen LogP contribution in [-0.2, 0) is 17.8 Å². The van der Waals surface area contributed by atoms with Gasteiger partial charge in [-0.05, 0) is 77.4 Å². The minimum atomic E-state index is -0.954. The van der Waals surface area contributed by atoms with Crippen molar-refractivity contribution in [1.82, 2.24) is 15.1 Å². The van der Waals surface area contributed by atoms with Crippen molar-refractivity contribution in [2.24, 2.45) is 0 Å². The van der Waals surface area contributed by atoms with Crippen LogP contribution in [0.2, 0.25) is 10.0 Å². The summed E-state index contributed by atoms with van der Waals surface area (Å²) in [5, 5.41) is 19.5. The lowest BCUT2D eigenvalue weighted by molar-refractivity contribution is -0.136. The fourth-order valence-electron chi connectivity index (χ4n) is 4.62. The third kappa shape index (κ3) is 6.88. The third-order valence-corrected chi connectivity index (χ3v) is 7.17. The molecule has 2 N–H and O–H groups in total. The largest absolute Gasteiger partial charge is 0.497 e. The highest BCUT2D eigenvalue weighted by Crippen LogP contribution is 2.32. The number of halogens is 2. The van der Waals surface area contributed by atoms with Gasteiger partial charge in [-0.25, -0.2) is 0 Å². The van der Waals surface area contributed by atoms with Crippen LogP contribution in [0.3, 0.4) is 0 Å². The molecule has 41 heavy (non-hydrogen) atoms. The summed E-state index contributed by atoms with van der Waals surface area (Å²) < 4.78 is 7.34. The molecule has 9 heteroatoms. The molecular formula is C32H27Cl2N3O4. The number of nitrogens with zero attached hydrogens (tertiary/aromatic N) is 2. The minimum Gasteiger partial charge on any atom is -0.497 e. The number of aliphatic carboxylic acids is 1. The Balaban J connectivity index is 1.41. The average molecular weight is 588 g/mol. The molecule has 0 radical (unpaired) electrons. The predicted octanol–water partition coefficient (Wildman–Crippen LogP) is 7.13. The van der Waals surface area contributed by atoms with Crippen LogP contribution in [0.1, 0.15) is 22.3 Å². The first-order valence-corrected chi connectivity index (χ1v) is 13.8. The van der Waals surface area contributed by atoms with E-state index in [4.69, 9.17) is 38.1 Å². The Morgan fingerprint density at radius 2 is 1.59 bits per heavy atom. The smallest absolute Gasteiger partial charge is 0.305 e. The van der Waals surface area contributed by atoms with Crippen molar-refractivity contribution in [3.63, 3.8) is 0 Å². The van der Waals surface area contributed by atoms with Gasteiger partial charge in [0.15, 0.2) is 0 Å². The summed E-state index contributed by atoms with van der Waals surface area (Å²) >= 11 is 12.6. The Morgan fingerprint density at radius 1 is 0.878 bits per heavy atom.